The number of anilines is 2. The van der Waals surface area contributed by atoms with Crippen LogP contribution in [0.2, 0.25) is 5.02 Å². The summed E-state index contributed by atoms with van der Waals surface area (Å²) in [5, 5.41) is 3.34. The first-order valence-electron chi connectivity index (χ1n) is 5.60. The van der Waals surface area contributed by atoms with Crippen molar-refractivity contribution in [2.75, 3.05) is 11.1 Å². The Kier molecular flexibility index (Phi) is 4.12. The number of rotatable bonds is 2. The molecule has 0 aliphatic heterocycles. The number of benzene rings is 2. The highest BCUT2D eigenvalue weighted by atomic mass is 79.9. The zero-order valence-corrected chi connectivity index (χ0v) is 12.5. The maximum atomic E-state index is 12.1. The van der Waals surface area contributed by atoms with E-state index >= 15 is 0 Å². The van der Waals surface area contributed by atoms with Crippen LogP contribution in [0.1, 0.15) is 15.9 Å². The van der Waals surface area contributed by atoms with Gasteiger partial charge in [-0.3, -0.25) is 4.79 Å². The summed E-state index contributed by atoms with van der Waals surface area (Å²) < 4.78 is 0.967. The Labute approximate surface area is 124 Å². The van der Waals surface area contributed by atoms with Gasteiger partial charge >= 0.3 is 0 Å². The van der Waals surface area contributed by atoms with Gasteiger partial charge in [-0.05, 0) is 48.9 Å². The van der Waals surface area contributed by atoms with Gasteiger partial charge in [-0.2, -0.15) is 0 Å². The summed E-state index contributed by atoms with van der Waals surface area (Å²) in [6.07, 6.45) is 0. The first-order valence-corrected chi connectivity index (χ1v) is 6.77. The summed E-state index contributed by atoms with van der Waals surface area (Å²) in [5.74, 6) is -0.250. The highest BCUT2D eigenvalue weighted by molar-refractivity contribution is 9.10. The topological polar surface area (TPSA) is 55.1 Å². The maximum absolute atomic E-state index is 12.1. The largest absolute Gasteiger partial charge is 0.398 e. The van der Waals surface area contributed by atoms with Gasteiger partial charge in [-0.25, -0.2) is 0 Å². The second-order valence-electron chi connectivity index (χ2n) is 4.14. The van der Waals surface area contributed by atoms with Crippen molar-refractivity contribution in [1.29, 1.82) is 0 Å². The summed E-state index contributed by atoms with van der Waals surface area (Å²) in [4.78, 5) is 12.1. The van der Waals surface area contributed by atoms with Gasteiger partial charge in [0.25, 0.3) is 5.91 Å². The summed E-state index contributed by atoms with van der Waals surface area (Å²) in [6.45, 7) is 1.92. The van der Waals surface area contributed by atoms with Gasteiger partial charge in [0.15, 0.2) is 0 Å². The van der Waals surface area contributed by atoms with Crippen molar-refractivity contribution in [3.63, 3.8) is 0 Å². The number of hydrogen-bond acceptors (Lipinski definition) is 2. The molecule has 19 heavy (non-hydrogen) atoms. The molecule has 98 valence electrons. The van der Waals surface area contributed by atoms with E-state index in [0.717, 1.165) is 15.7 Å². The van der Waals surface area contributed by atoms with Gasteiger partial charge < -0.3 is 11.1 Å². The maximum Gasteiger partial charge on any atom is 0.257 e. The number of carbonyl (C=O) groups excluding carboxylic acids is 1. The minimum Gasteiger partial charge on any atom is -0.398 e. The molecule has 2 aromatic carbocycles. The minimum absolute atomic E-state index is 0.250. The van der Waals surface area contributed by atoms with Crippen LogP contribution in [0.5, 0.6) is 0 Å². The molecule has 0 bridgehead atoms. The molecular formula is C14H12BrClN2O. The monoisotopic (exact) mass is 338 g/mol. The lowest BCUT2D eigenvalue weighted by atomic mass is 10.1. The average Bonchev–Trinajstić information content (AvgIpc) is 2.32. The number of nitrogens with two attached hydrogens (primary N) is 1. The lowest BCUT2D eigenvalue weighted by molar-refractivity contribution is 0.102. The second-order valence-corrected chi connectivity index (χ2v) is 5.50. The zero-order chi connectivity index (χ0) is 14.0. The normalized spacial score (nSPS) is 10.3. The molecule has 5 heteroatoms. The third kappa shape index (κ3) is 3.28. The van der Waals surface area contributed by atoms with E-state index in [4.69, 9.17) is 17.3 Å². The highest BCUT2D eigenvalue weighted by Crippen LogP contribution is 2.23. The van der Waals surface area contributed by atoms with Gasteiger partial charge in [0.1, 0.15) is 0 Å². The summed E-state index contributed by atoms with van der Waals surface area (Å²) in [6, 6.07) is 10.4. The van der Waals surface area contributed by atoms with Crippen LogP contribution in [0.3, 0.4) is 0 Å². The molecular weight excluding hydrogens is 328 g/mol. The molecule has 0 fully saturated rings. The molecule has 0 aliphatic rings. The van der Waals surface area contributed by atoms with E-state index in [1.165, 1.54) is 0 Å². The van der Waals surface area contributed by atoms with Gasteiger partial charge in [0, 0.05) is 20.9 Å². The van der Waals surface area contributed by atoms with E-state index in [1.54, 1.807) is 18.2 Å². The Bertz CT molecular complexity index is 643. The standard InChI is InChI=1S/C14H12BrClN2O/c1-8-6-9(15)2-5-13(8)18-14(19)11-4-3-10(16)7-12(11)17/h2-7H,17H2,1H3,(H,18,19). The lowest BCUT2D eigenvalue weighted by Crippen LogP contribution is -2.14. The third-order valence-corrected chi connectivity index (χ3v) is 3.42. The Morgan fingerprint density at radius 2 is 2.00 bits per heavy atom. The third-order valence-electron chi connectivity index (χ3n) is 2.69. The number of nitrogen functional groups attached to an aromatic ring is 1. The molecule has 0 spiro atoms. The highest BCUT2D eigenvalue weighted by Gasteiger charge is 2.11. The molecule has 0 saturated heterocycles. The average molecular weight is 340 g/mol. The fourth-order valence-corrected chi connectivity index (χ4v) is 2.35. The number of hydrogen-bond donors (Lipinski definition) is 2. The van der Waals surface area contributed by atoms with E-state index < -0.39 is 0 Å². The quantitative estimate of drug-likeness (QED) is 0.804. The van der Waals surface area contributed by atoms with Crippen molar-refractivity contribution in [2.24, 2.45) is 0 Å². The van der Waals surface area contributed by atoms with Gasteiger partial charge in [0.05, 0.1) is 5.56 Å². The fourth-order valence-electron chi connectivity index (χ4n) is 1.70. The molecule has 0 unspecified atom stereocenters. The molecule has 3 N–H and O–H groups in total. The summed E-state index contributed by atoms with van der Waals surface area (Å²) in [7, 11) is 0. The molecule has 3 nitrogen and oxygen atoms in total. The van der Waals surface area contributed by atoms with E-state index in [1.807, 2.05) is 25.1 Å². The molecule has 0 atom stereocenters. The smallest absolute Gasteiger partial charge is 0.257 e. The van der Waals surface area contributed by atoms with Crippen molar-refractivity contribution in [3.05, 3.63) is 57.0 Å². The van der Waals surface area contributed by atoms with Crippen LogP contribution in [0.4, 0.5) is 11.4 Å². The molecule has 0 aliphatic carbocycles. The number of nitrogens with one attached hydrogen (secondary N) is 1. The van der Waals surface area contributed by atoms with Gasteiger partial charge in [-0.15, -0.1) is 0 Å². The van der Waals surface area contributed by atoms with Crippen molar-refractivity contribution in [3.8, 4) is 0 Å². The van der Waals surface area contributed by atoms with Crippen molar-refractivity contribution < 1.29 is 4.79 Å². The first kappa shape index (κ1) is 13.9. The van der Waals surface area contributed by atoms with Gasteiger partial charge in [-0.1, -0.05) is 27.5 Å². The molecule has 2 aromatic rings. The number of amides is 1. The van der Waals surface area contributed by atoms with Crippen molar-refractivity contribution >= 4 is 44.8 Å². The summed E-state index contributed by atoms with van der Waals surface area (Å²) >= 11 is 9.19. The minimum atomic E-state index is -0.250. The van der Waals surface area contributed by atoms with Crippen LogP contribution in [0.25, 0.3) is 0 Å². The van der Waals surface area contributed by atoms with E-state index in [0.29, 0.717) is 16.3 Å². The Hall–Kier alpha value is -1.52. The lowest BCUT2D eigenvalue weighted by Gasteiger charge is -2.10. The zero-order valence-electron chi connectivity index (χ0n) is 10.2. The van der Waals surface area contributed by atoms with Gasteiger partial charge in [0.2, 0.25) is 0 Å². The fraction of sp³-hybridized carbons (Fsp3) is 0.0714. The molecule has 2 rings (SSSR count). The first-order chi connectivity index (χ1) is 8.97. The number of carbonyl (C=O) groups is 1. The van der Waals surface area contributed by atoms with Crippen LogP contribution in [0.15, 0.2) is 40.9 Å². The summed E-state index contributed by atoms with van der Waals surface area (Å²) in [5.41, 5.74) is 8.28. The molecule has 1 amide bonds. The SMILES string of the molecule is Cc1cc(Br)ccc1NC(=O)c1ccc(Cl)cc1N. The van der Waals surface area contributed by atoms with E-state index in [2.05, 4.69) is 21.2 Å². The van der Waals surface area contributed by atoms with Crippen LogP contribution >= 0.6 is 27.5 Å². The molecule has 0 aromatic heterocycles. The Balaban J connectivity index is 2.25. The van der Waals surface area contributed by atoms with Crippen LogP contribution in [0, 0.1) is 6.92 Å². The molecule has 0 radical (unpaired) electrons. The van der Waals surface area contributed by atoms with E-state index in [-0.39, 0.29) is 5.91 Å². The predicted octanol–water partition coefficient (Wildman–Crippen LogP) is 4.25. The van der Waals surface area contributed by atoms with Crippen LogP contribution in [-0.2, 0) is 0 Å². The Morgan fingerprint density at radius 3 is 2.63 bits per heavy atom. The van der Waals surface area contributed by atoms with Crippen molar-refractivity contribution in [2.45, 2.75) is 6.92 Å². The van der Waals surface area contributed by atoms with Crippen LogP contribution < -0.4 is 11.1 Å². The van der Waals surface area contributed by atoms with E-state index in [9.17, 15) is 4.79 Å². The molecule has 0 saturated carbocycles. The van der Waals surface area contributed by atoms with Crippen molar-refractivity contribution in [1.82, 2.24) is 0 Å². The second kappa shape index (κ2) is 5.63. The van der Waals surface area contributed by atoms with Crippen LogP contribution in [-0.4, -0.2) is 5.91 Å². The Morgan fingerprint density at radius 1 is 1.26 bits per heavy atom. The predicted molar refractivity (Wildman–Crippen MR) is 82.7 cm³/mol. The number of aryl methyl sites for hydroxylation is 1. The molecule has 0 heterocycles. The number of halogens is 2.